The highest BCUT2D eigenvalue weighted by atomic mass is 35.5. The van der Waals surface area contributed by atoms with Gasteiger partial charge in [0, 0.05) is 6.20 Å². The van der Waals surface area contributed by atoms with Crippen LogP contribution in [0.15, 0.2) is 6.20 Å². The molecule has 0 aromatic carbocycles. The molecule has 0 saturated heterocycles. The molecule has 1 rings (SSSR count). The van der Waals surface area contributed by atoms with Crippen molar-refractivity contribution in [3.8, 4) is 5.75 Å². The number of alkyl halides is 2. The molecular formula is C9H8ClF2NO3. The van der Waals surface area contributed by atoms with Gasteiger partial charge in [-0.25, -0.2) is 18.6 Å². The Morgan fingerprint density at radius 3 is 2.56 bits per heavy atom. The molecule has 0 fully saturated rings. The number of esters is 1. The van der Waals surface area contributed by atoms with Gasteiger partial charge in [0.25, 0.3) is 6.43 Å². The van der Waals surface area contributed by atoms with Crippen LogP contribution in [-0.2, 0) is 4.74 Å². The van der Waals surface area contributed by atoms with Crippen LogP contribution in [0.2, 0.25) is 5.02 Å². The average molecular weight is 252 g/mol. The number of hydrogen-bond donors (Lipinski definition) is 0. The van der Waals surface area contributed by atoms with Crippen LogP contribution >= 0.6 is 11.6 Å². The lowest BCUT2D eigenvalue weighted by Crippen LogP contribution is -2.09. The van der Waals surface area contributed by atoms with Gasteiger partial charge in [0.1, 0.15) is 0 Å². The van der Waals surface area contributed by atoms with Crippen LogP contribution in [0.1, 0.15) is 22.5 Å². The Balaban J connectivity index is 3.42. The van der Waals surface area contributed by atoms with E-state index in [0.29, 0.717) is 0 Å². The molecule has 0 amide bonds. The van der Waals surface area contributed by atoms with Gasteiger partial charge in [-0.05, 0) is 0 Å². The lowest BCUT2D eigenvalue weighted by molar-refractivity contribution is 0.0588. The van der Waals surface area contributed by atoms with Gasteiger partial charge in [-0.2, -0.15) is 0 Å². The van der Waals surface area contributed by atoms with E-state index in [1.807, 2.05) is 0 Å². The predicted octanol–water partition coefficient (Wildman–Crippen LogP) is 2.47. The molecule has 1 aromatic heterocycles. The molecule has 0 spiro atoms. The molecule has 0 bridgehead atoms. The molecule has 0 saturated carbocycles. The number of nitrogens with zero attached hydrogens (tertiary/aromatic N) is 1. The maximum atomic E-state index is 12.7. The summed E-state index contributed by atoms with van der Waals surface area (Å²) in [4.78, 5) is 14.8. The topological polar surface area (TPSA) is 48.4 Å². The molecule has 0 atom stereocenters. The number of carbonyl (C=O) groups excluding carboxylic acids is 1. The van der Waals surface area contributed by atoms with E-state index in [-0.39, 0.29) is 16.5 Å². The van der Waals surface area contributed by atoms with Crippen LogP contribution in [-0.4, -0.2) is 25.2 Å². The zero-order valence-corrected chi connectivity index (χ0v) is 9.22. The number of hydrogen-bond acceptors (Lipinski definition) is 4. The Morgan fingerprint density at radius 1 is 1.50 bits per heavy atom. The first-order valence-electron chi connectivity index (χ1n) is 4.11. The van der Waals surface area contributed by atoms with Gasteiger partial charge in [0.15, 0.2) is 11.4 Å². The first-order valence-corrected chi connectivity index (χ1v) is 4.49. The summed E-state index contributed by atoms with van der Waals surface area (Å²) < 4.78 is 34.5. The van der Waals surface area contributed by atoms with Crippen LogP contribution < -0.4 is 4.74 Å². The molecule has 1 heterocycles. The molecule has 0 radical (unpaired) electrons. The third-order valence-corrected chi connectivity index (χ3v) is 2.13. The highest BCUT2D eigenvalue weighted by molar-refractivity contribution is 6.31. The molecule has 0 aliphatic rings. The van der Waals surface area contributed by atoms with Crippen molar-refractivity contribution in [2.24, 2.45) is 0 Å². The molecule has 88 valence electrons. The standard InChI is InChI=1S/C9H8ClF2NO3/c1-15-7-5(8(11)12)4(10)3-13-6(7)9(14)16-2/h3,8H,1-2H3. The van der Waals surface area contributed by atoms with Crippen LogP contribution in [0.25, 0.3) is 0 Å². The van der Waals surface area contributed by atoms with E-state index in [1.54, 1.807) is 0 Å². The summed E-state index contributed by atoms with van der Waals surface area (Å²) >= 11 is 5.55. The molecule has 7 heteroatoms. The Labute approximate surface area is 95.1 Å². The first kappa shape index (κ1) is 12.6. The van der Waals surface area contributed by atoms with E-state index in [9.17, 15) is 13.6 Å². The number of halogens is 3. The Kier molecular flexibility index (Phi) is 4.00. The van der Waals surface area contributed by atoms with Crippen molar-refractivity contribution < 1.29 is 23.0 Å². The van der Waals surface area contributed by atoms with Crippen LogP contribution in [0.4, 0.5) is 8.78 Å². The van der Waals surface area contributed by atoms with Gasteiger partial charge in [-0.3, -0.25) is 0 Å². The van der Waals surface area contributed by atoms with E-state index in [4.69, 9.17) is 16.3 Å². The Bertz CT molecular complexity index is 412. The van der Waals surface area contributed by atoms with Crippen LogP contribution in [0, 0.1) is 0 Å². The minimum Gasteiger partial charge on any atom is -0.494 e. The van der Waals surface area contributed by atoms with Gasteiger partial charge in [-0.15, -0.1) is 0 Å². The van der Waals surface area contributed by atoms with Crippen molar-refractivity contribution in [1.82, 2.24) is 4.98 Å². The lowest BCUT2D eigenvalue weighted by Gasteiger charge is -2.12. The third-order valence-electron chi connectivity index (χ3n) is 1.83. The fraction of sp³-hybridized carbons (Fsp3) is 0.333. The van der Waals surface area contributed by atoms with Crippen molar-refractivity contribution in [1.29, 1.82) is 0 Å². The number of ether oxygens (including phenoxy) is 2. The van der Waals surface area contributed by atoms with E-state index in [2.05, 4.69) is 9.72 Å². The third kappa shape index (κ3) is 2.21. The number of methoxy groups -OCH3 is 2. The van der Waals surface area contributed by atoms with E-state index < -0.39 is 18.0 Å². The number of rotatable bonds is 3. The highest BCUT2D eigenvalue weighted by Crippen LogP contribution is 2.36. The maximum Gasteiger partial charge on any atom is 0.360 e. The summed E-state index contributed by atoms with van der Waals surface area (Å²) in [5.41, 5.74) is -0.899. The fourth-order valence-corrected chi connectivity index (χ4v) is 1.35. The summed E-state index contributed by atoms with van der Waals surface area (Å²) in [6, 6.07) is 0. The second-order valence-electron chi connectivity index (χ2n) is 2.69. The quantitative estimate of drug-likeness (QED) is 0.775. The van der Waals surface area contributed by atoms with E-state index in [0.717, 1.165) is 20.4 Å². The van der Waals surface area contributed by atoms with Gasteiger partial charge >= 0.3 is 5.97 Å². The highest BCUT2D eigenvalue weighted by Gasteiger charge is 2.25. The van der Waals surface area contributed by atoms with Gasteiger partial charge in [-0.1, -0.05) is 11.6 Å². The summed E-state index contributed by atoms with van der Waals surface area (Å²) in [5.74, 6) is -1.23. The minimum absolute atomic E-state index is 0.264. The van der Waals surface area contributed by atoms with Crippen molar-refractivity contribution in [3.05, 3.63) is 22.5 Å². The molecule has 16 heavy (non-hydrogen) atoms. The zero-order valence-electron chi connectivity index (χ0n) is 8.46. The molecule has 4 nitrogen and oxygen atoms in total. The molecular weight excluding hydrogens is 244 g/mol. The second kappa shape index (κ2) is 5.07. The van der Waals surface area contributed by atoms with Crippen molar-refractivity contribution in [2.45, 2.75) is 6.43 Å². The first-order chi connectivity index (χ1) is 7.52. The predicted molar refractivity (Wildman–Crippen MR) is 52.1 cm³/mol. The largest absolute Gasteiger partial charge is 0.494 e. The normalized spacial score (nSPS) is 10.4. The summed E-state index contributed by atoms with van der Waals surface area (Å²) in [5, 5.41) is -0.264. The van der Waals surface area contributed by atoms with Gasteiger partial charge < -0.3 is 9.47 Å². The van der Waals surface area contributed by atoms with E-state index in [1.165, 1.54) is 0 Å². The molecule has 0 aliphatic heterocycles. The van der Waals surface area contributed by atoms with Crippen molar-refractivity contribution in [2.75, 3.05) is 14.2 Å². The molecule has 0 aliphatic carbocycles. The fourth-order valence-electron chi connectivity index (χ4n) is 1.14. The van der Waals surface area contributed by atoms with Gasteiger partial charge in [0.05, 0.1) is 24.8 Å². The monoisotopic (exact) mass is 251 g/mol. The molecule has 0 unspecified atom stereocenters. The van der Waals surface area contributed by atoms with Crippen molar-refractivity contribution >= 4 is 17.6 Å². The van der Waals surface area contributed by atoms with Gasteiger partial charge in [0.2, 0.25) is 0 Å². The van der Waals surface area contributed by atoms with Crippen LogP contribution in [0.5, 0.6) is 5.75 Å². The maximum absolute atomic E-state index is 12.7. The minimum atomic E-state index is -2.87. The summed E-state index contributed by atoms with van der Waals surface area (Å²) in [6.07, 6.45) is -1.91. The number of pyridine rings is 1. The number of carbonyl (C=O) groups is 1. The smallest absolute Gasteiger partial charge is 0.360 e. The van der Waals surface area contributed by atoms with Crippen molar-refractivity contribution in [3.63, 3.8) is 0 Å². The summed E-state index contributed by atoms with van der Waals surface area (Å²) in [7, 11) is 2.26. The molecule has 1 aromatic rings. The number of aromatic nitrogens is 1. The Hall–Kier alpha value is -1.43. The molecule has 0 N–H and O–H groups in total. The van der Waals surface area contributed by atoms with Crippen LogP contribution in [0.3, 0.4) is 0 Å². The van der Waals surface area contributed by atoms with E-state index >= 15 is 0 Å². The Morgan fingerprint density at radius 2 is 2.12 bits per heavy atom. The average Bonchev–Trinajstić information content (AvgIpc) is 2.26. The second-order valence-corrected chi connectivity index (χ2v) is 3.10. The lowest BCUT2D eigenvalue weighted by atomic mass is 10.2. The SMILES string of the molecule is COC(=O)c1ncc(Cl)c(C(F)F)c1OC. The zero-order chi connectivity index (χ0) is 12.3. The summed E-state index contributed by atoms with van der Waals surface area (Å²) in [6.45, 7) is 0.